The van der Waals surface area contributed by atoms with Gasteiger partial charge in [-0.05, 0) is 30.3 Å². The second kappa shape index (κ2) is 8.82. The molecule has 1 fully saturated rings. The Morgan fingerprint density at radius 1 is 1.30 bits per heavy atom. The molecule has 10 heteroatoms. The standard InChI is InChI=1S/C20H18N4O4S2/c1-27-10-7-21-17-14(18(25)23-8-3-2-6-16(23)22-17)11-15-19(26)24(20(29)30-15)12-13-5-4-9-28-13/h2-6,8-9,11,21H,7,10,12H2,1H3. The van der Waals surface area contributed by atoms with Crippen LogP contribution in [0, 0.1) is 0 Å². The highest BCUT2D eigenvalue weighted by Crippen LogP contribution is 2.34. The largest absolute Gasteiger partial charge is 0.467 e. The van der Waals surface area contributed by atoms with Crippen molar-refractivity contribution in [1.82, 2.24) is 14.3 Å². The third kappa shape index (κ3) is 4.02. The smallest absolute Gasteiger partial charge is 0.267 e. The molecule has 0 unspecified atom stereocenters. The van der Waals surface area contributed by atoms with E-state index in [0.29, 0.717) is 39.6 Å². The Labute approximate surface area is 181 Å². The van der Waals surface area contributed by atoms with Gasteiger partial charge in [0.2, 0.25) is 0 Å². The van der Waals surface area contributed by atoms with Gasteiger partial charge in [0, 0.05) is 19.9 Å². The monoisotopic (exact) mass is 442 g/mol. The van der Waals surface area contributed by atoms with Crippen LogP contribution in [0.1, 0.15) is 11.3 Å². The van der Waals surface area contributed by atoms with Gasteiger partial charge in [0.15, 0.2) is 0 Å². The van der Waals surface area contributed by atoms with Gasteiger partial charge in [-0.15, -0.1) is 0 Å². The lowest BCUT2D eigenvalue weighted by molar-refractivity contribution is -0.122. The summed E-state index contributed by atoms with van der Waals surface area (Å²) in [4.78, 5) is 32.4. The molecule has 1 aliphatic heterocycles. The summed E-state index contributed by atoms with van der Waals surface area (Å²) in [7, 11) is 1.59. The third-order valence-electron chi connectivity index (χ3n) is 4.41. The van der Waals surface area contributed by atoms with E-state index in [1.54, 1.807) is 56.0 Å². The Bertz CT molecular complexity index is 1190. The van der Waals surface area contributed by atoms with Crippen LogP contribution in [0.15, 0.2) is 56.9 Å². The molecule has 3 aromatic rings. The summed E-state index contributed by atoms with van der Waals surface area (Å²) in [6, 6.07) is 8.83. The molecule has 3 aromatic heterocycles. The Morgan fingerprint density at radius 3 is 2.93 bits per heavy atom. The number of pyridine rings is 1. The van der Waals surface area contributed by atoms with Crippen LogP contribution in [0.3, 0.4) is 0 Å². The van der Waals surface area contributed by atoms with E-state index in [1.807, 2.05) is 0 Å². The molecule has 0 saturated carbocycles. The predicted molar refractivity (Wildman–Crippen MR) is 119 cm³/mol. The summed E-state index contributed by atoms with van der Waals surface area (Å²) in [5, 5.41) is 3.12. The molecule has 8 nitrogen and oxygen atoms in total. The quantitative estimate of drug-likeness (QED) is 0.339. The molecule has 0 bridgehead atoms. The number of amides is 1. The number of furan rings is 1. The van der Waals surface area contributed by atoms with Crippen LogP contribution in [-0.2, 0) is 16.1 Å². The lowest BCUT2D eigenvalue weighted by atomic mass is 10.2. The van der Waals surface area contributed by atoms with Crippen molar-refractivity contribution in [2.24, 2.45) is 0 Å². The normalized spacial score (nSPS) is 15.5. The molecular weight excluding hydrogens is 424 g/mol. The number of nitrogens with zero attached hydrogens (tertiary/aromatic N) is 3. The van der Waals surface area contributed by atoms with Gasteiger partial charge in [-0.2, -0.15) is 0 Å². The summed E-state index contributed by atoms with van der Waals surface area (Å²) in [5.41, 5.74) is 0.509. The molecule has 1 N–H and O–H groups in total. The van der Waals surface area contributed by atoms with Crippen LogP contribution in [0.25, 0.3) is 11.7 Å². The number of methoxy groups -OCH3 is 1. The van der Waals surface area contributed by atoms with Crippen LogP contribution in [0.4, 0.5) is 5.82 Å². The lowest BCUT2D eigenvalue weighted by Crippen LogP contribution is -2.27. The second-order valence-corrected chi connectivity index (χ2v) is 8.05. The number of fused-ring (bicyclic) bond motifs is 1. The van der Waals surface area contributed by atoms with Gasteiger partial charge in [0.1, 0.15) is 21.5 Å². The summed E-state index contributed by atoms with van der Waals surface area (Å²) < 4.78 is 12.2. The molecule has 4 heterocycles. The molecule has 0 spiro atoms. The first kappa shape index (κ1) is 20.3. The highest BCUT2D eigenvalue weighted by Gasteiger charge is 2.33. The molecule has 0 aromatic carbocycles. The van der Waals surface area contributed by atoms with Gasteiger partial charge in [-0.3, -0.25) is 18.9 Å². The number of anilines is 1. The molecule has 0 radical (unpaired) electrons. The number of nitrogens with one attached hydrogen (secondary N) is 1. The number of hydrogen-bond acceptors (Lipinski definition) is 8. The fourth-order valence-electron chi connectivity index (χ4n) is 2.96. The average Bonchev–Trinajstić information content (AvgIpc) is 3.35. The molecular formula is C20H18N4O4S2. The number of rotatable bonds is 7. The van der Waals surface area contributed by atoms with E-state index in [0.717, 1.165) is 11.8 Å². The number of carbonyl (C=O) groups excluding carboxylic acids is 1. The van der Waals surface area contributed by atoms with E-state index in [-0.39, 0.29) is 23.6 Å². The first-order chi connectivity index (χ1) is 14.6. The van der Waals surface area contributed by atoms with Gasteiger partial charge in [0.25, 0.3) is 11.5 Å². The van der Waals surface area contributed by atoms with E-state index in [1.165, 1.54) is 9.30 Å². The molecule has 1 amide bonds. The van der Waals surface area contributed by atoms with E-state index in [2.05, 4.69) is 10.3 Å². The zero-order chi connectivity index (χ0) is 21.1. The minimum atomic E-state index is -0.281. The average molecular weight is 443 g/mol. The Hall–Kier alpha value is -2.95. The maximum atomic E-state index is 13.1. The van der Waals surface area contributed by atoms with Gasteiger partial charge >= 0.3 is 0 Å². The minimum absolute atomic E-state index is 0.239. The molecule has 0 aliphatic carbocycles. The van der Waals surface area contributed by atoms with Crippen molar-refractivity contribution in [3.63, 3.8) is 0 Å². The van der Waals surface area contributed by atoms with Crippen molar-refractivity contribution in [2.45, 2.75) is 6.54 Å². The predicted octanol–water partition coefficient (Wildman–Crippen LogP) is 2.75. The van der Waals surface area contributed by atoms with E-state index in [4.69, 9.17) is 21.4 Å². The molecule has 154 valence electrons. The lowest BCUT2D eigenvalue weighted by Gasteiger charge is -2.12. The van der Waals surface area contributed by atoms with Gasteiger partial charge in [0.05, 0.1) is 29.9 Å². The van der Waals surface area contributed by atoms with Gasteiger partial charge in [-0.25, -0.2) is 4.98 Å². The zero-order valence-corrected chi connectivity index (χ0v) is 17.7. The Kier molecular flexibility index (Phi) is 5.98. The van der Waals surface area contributed by atoms with Crippen molar-refractivity contribution in [3.8, 4) is 0 Å². The summed E-state index contributed by atoms with van der Waals surface area (Å²) in [5.74, 6) is 0.739. The number of ether oxygens (including phenoxy) is 1. The fraction of sp³-hybridized carbons (Fsp3) is 0.200. The second-order valence-electron chi connectivity index (χ2n) is 6.37. The molecule has 4 rings (SSSR count). The van der Waals surface area contributed by atoms with Crippen molar-refractivity contribution in [3.05, 3.63) is 69.4 Å². The topological polar surface area (TPSA) is 89.1 Å². The Balaban J connectivity index is 1.72. The first-order valence-electron chi connectivity index (χ1n) is 9.10. The van der Waals surface area contributed by atoms with Crippen molar-refractivity contribution in [1.29, 1.82) is 0 Å². The van der Waals surface area contributed by atoms with Crippen molar-refractivity contribution in [2.75, 3.05) is 25.6 Å². The van der Waals surface area contributed by atoms with Crippen LogP contribution >= 0.6 is 24.0 Å². The van der Waals surface area contributed by atoms with Gasteiger partial charge in [-0.1, -0.05) is 30.0 Å². The maximum Gasteiger partial charge on any atom is 0.267 e. The van der Waals surface area contributed by atoms with E-state index in [9.17, 15) is 9.59 Å². The molecule has 1 aliphatic rings. The number of thioether (sulfide) groups is 1. The van der Waals surface area contributed by atoms with Crippen molar-refractivity contribution < 1.29 is 13.9 Å². The van der Waals surface area contributed by atoms with Gasteiger partial charge < -0.3 is 14.5 Å². The minimum Gasteiger partial charge on any atom is -0.467 e. The fourth-order valence-corrected chi connectivity index (χ4v) is 4.20. The highest BCUT2D eigenvalue weighted by molar-refractivity contribution is 8.26. The molecule has 0 atom stereocenters. The number of thiocarbonyl (C=S) groups is 1. The summed E-state index contributed by atoms with van der Waals surface area (Å²) in [6.45, 7) is 1.15. The number of carbonyl (C=O) groups is 1. The highest BCUT2D eigenvalue weighted by atomic mass is 32.2. The van der Waals surface area contributed by atoms with E-state index < -0.39 is 0 Å². The molecule has 30 heavy (non-hydrogen) atoms. The SMILES string of the molecule is COCCNc1nc2ccccn2c(=O)c1C=C1SC(=S)N(Cc2ccco2)C1=O. The number of aromatic nitrogens is 2. The van der Waals surface area contributed by atoms with Crippen molar-refractivity contribution >= 4 is 51.7 Å². The summed E-state index contributed by atoms with van der Waals surface area (Å²) in [6.07, 6.45) is 4.73. The summed E-state index contributed by atoms with van der Waals surface area (Å²) >= 11 is 6.52. The first-order valence-corrected chi connectivity index (χ1v) is 10.3. The molecule has 1 saturated heterocycles. The number of hydrogen-bond donors (Lipinski definition) is 1. The van der Waals surface area contributed by atoms with Crippen LogP contribution < -0.4 is 10.9 Å². The van der Waals surface area contributed by atoms with Crippen LogP contribution in [0.2, 0.25) is 0 Å². The Morgan fingerprint density at radius 2 is 2.17 bits per heavy atom. The van der Waals surface area contributed by atoms with E-state index >= 15 is 0 Å². The third-order valence-corrected chi connectivity index (χ3v) is 5.79. The maximum absolute atomic E-state index is 13.1. The van der Waals surface area contributed by atoms with Crippen LogP contribution in [-0.4, -0.2) is 44.8 Å². The zero-order valence-electron chi connectivity index (χ0n) is 16.0. The van der Waals surface area contributed by atoms with Crippen LogP contribution in [0.5, 0.6) is 0 Å².